The molecule has 0 saturated heterocycles. The third kappa shape index (κ3) is 6.21. The first-order valence-electron chi connectivity index (χ1n) is 7.23. The molecule has 1 aromatic rings. The molecule has 0 fully saturated rings. The number of hydrogen-bond donors (Lipinski definition) is 2. The van der Waals surface area contributed by atoms with Gasteiger partial charge in [0.15, 0.2) is 0 Å². The molecule has 0 bridgehead atoms. The van der Waals surface area contributed by atoms with Crippen molar-refractivity contribution in [3.05, 3.63) is 35.9 Å². The topological polar surface area (TPSA) is 58.2 Å². The van der Waals surface area contributed by atoms with Crippen LogP contribution in [0.2, 0.25) is 0 Å². The van der Waals surface area contributed by atoms with Crippen molar-refractivity contribution in [2.24, 2.45) is 0 Å². The van der Waals surface area contributed by atoms with Gasteiger partial charge < -0.3 is 10.6 Å². The summed E-state index contributed by atoms with van der Waals surface area (Å²) in [4.78, 5) is 24.4. The van der Waals surface area contributed by atoms with Crippen molar-refractivity contribution in [1.29, 1.82) is 0 Å². The molecule has 1 aromatic carbocycles. The van der Waals surface area contributed by atoms with Crippen molar-refractivity contribution in [3.63, 3.8) is 0 Å². The van der Waals surface area contributed by atoms with Gasteiger partial charge in [-0.15, -0.1) is 0 Å². The maximum Gasteiger partial charge on any atom is 0.251 e. The second-order valence-corrected chi connectivity index (χ2v) is 5.98. The van der Waals surface area contributed by atoms with Gasteiger partial charge in [-0.3, -0.25) is 9.59 Å². The van der Waals surface area contributed by atoms with Gasteiger partial charge >= 0.3 is 0 Å². The largest absolute Gasteiger partial charge is 0.352 e. The summed E-state index contributed by atoms with van der Waals surface area (Å²) in [5, 5.41) is 5.77. The summed E-state index contributed by atoms with van der Waals surface area (Å²) < 4.78 is 0. The van der Waals surface area contributed by atoms with Crippen LogP contribution in [0.5, 0.6) is 0 Å². The van der Waals surface area contributed by atoms with Crippen molar-refractivity contribution in [2.45, 2.75) is 38.8 Å². The molecule has 1 rings (SSSR count). The summed E-state index contributed by atoms with van der Waals surface area (Å²) in [5.74, 6) is 0.511. The minimum Gasteiger partial charge on any atom is -0.352 e. The lowest BCUT2D eigenvalue weighted by atomic mass is 10.1. The van der Waals surface area contributed by atoms with Crippen LogP contribution >= 0.6 is 11.8 Å². The average Bonchev–Trinajstić information content (AvgIpc) is 2.51. The fraction of sp³-hybridized carbons (Fsp3) is 0.500. The second kappa shape index (κ2) is 9.45. The predicted octanol–water partition coefficient (Wildman–Crippen LogP) is 2.45. The molecular weight excluding hydrogens is 284 g/mol. The SMILES string of the molecule is CC[C@@H](C)NC(=O)[C@H](CCSC)NC(=O)c1ccccc1. The standard InChI is InChI=1S/C16H24N2O2S/c1-4-12(2)17-16(20)14(10-11-21-3)18-15(19)13-8-6-5-7-9-13/h5-9,12,14H,4,10-11H2,1-3H3,(H,17,20)(H,18,19)/t12-,14+/m1/s1. The van der Waals surface area contributed by atoms with Gasteiger partial charge in [0.05, 0.1) is 0 Å². The van der Waals surface area contributed by atoms with Crippen molar-refractivity contribution >= 4 is 23.6 Å². The Morgan fingerprint density at radius 3 is 2.43 bits per heavy atom. The highest BCUT2D eigenvalue weighted by molar-refractivity contribution is 7.98. The summed E-state index contributed by atoms with van der Waals surface area (Å²) in [5.41, 5.74) is 0.572. The van der Waals surface area contributed by atoms with E-state index in [-0.39, 0.29) is 17.9 Å². The molecule has 0 spiro atoms. The van der Waals surface area contributed by atoms with Crippen LogP contribution in [-0.4, -0.2) is 35.9 Å². The smallest absolute Gasteiger partial charge is 0.251 e. The maximum absolute atomic E-state index is 12.3. The summed E-state index contributed by atoms with van der Waals surface area (Å²) >= 11 is 1.66. The van der Waals surface area contributed by atoms with Gasteiger partial charge in [-0.1, -0.05) is 25.1 Å². The van der Waals surface area contributed by atoms with Crippen LogP contribution in [-0.2, 0) is 4.79 Å². The molecule has 0 heterocycles. The molecule has 2 N–H and O–H groups in total. The van der Waals surface area contributed by atoms with E-state index in [0.717, 1.165) is 12.2 Å². The van der Waals surface area contributed by atoms with E-state index in [9.17, 15) is 9.59 Å². The van der Waals surface area contributed by atoms with Gasteiger partial charge in [0.25, 0.3) is 5.91 Å². The minimum absolute atomic E-state index is 0.109. The van der Waals surface area contributed by atoms with Crippen LogP contribution in [0, 0.1) is 0 Å². The van der Waals surface area contributed by atoms with Crippen LogP contribution in [0.4, 0.5) is 0 Å². The Bertz CT molecular complexity index is 451. The van der Waals surface area contributed by atoms with Crippen molar-refractivity contribution in [3.8, 4) is 0 Å². The number of thioether (sulfide) groups is 1. The normalized spacial score (nSPS) is 13.3. The van der Waals surface area contributed by atoms with E-state index in [1.54, 1.807) is 23.9 Å². The third-order valence-corrected chi connectivity index (χ3v) is 3.91. The van der Waals surface area contributed by atoms with Crippen LogP contribution in [0.1, 0.15) is 37.0 Å². The zero-order chi connectivity index (χ0) is 15.7. The van der Waals surface area contributed by atoms with E-state index in [2.05, 4.69) is 10.6 Å². The molecule has 0 radical (unpaired) electrons. The first-order chi connectivity index (χ1) is 10.1. The summed E-state index contributed by atoms with van der Waals surface area (Å²) in [6.45, 7) is 3.98. The Morgan fingerprint density at radius 2 is 1.86 bits per heavy atom. The monoisotopic (exact) mass is 308 g/mol. The summed E-state index contributed by atoms with van der Waals surface area (Å²) in [6.07, 6.45) is 3.48. The molecule has 2 amide bonds. The molecule has 0 unspecified atom stereocenters. The molecule has 116 valence electrons. The molecule has 0 aliphatic rings. The first-order valence-corrected chi connectivity index (χ1v) is 8.63. The lowest BCUT2D eigenvalue weighted by Crippen LogP contribution is -2.49. The number of carbonyl (C=O) groups excluding carboxylic acids is 2. The first kappa shape index (κ1) is 17.6. The second-order valence-electron chi connectivity index (χ2n) is 4.99. The zero-order valence-electron chi connectivity index (χ0n) is 12.9. The fourth-order valence-electron chi connectivity index (χ4n) is 1.78. The van der Waals surface area contributed by atoms with Gasteiger partial charge in [0.1, 0.15) is 6.04 Å². The molecule has 0 aliphatic carbocycles. The van der Waals surface area contributed by atoms with Crippen molar-refractivity contribution in [2.75, 3.05) is 12.0 Å². The molecule has 5 heteroatoms. The number of hydrogen-bond acceptors (Lipinski definition) is 3. The van der Waals surface area contributed by atoms with Gasteiger partial charge in [0.2, 0.25) is 5.91 Å². The highest BCUT2D eigenvalue weighted by Crippen LogP contribution is 2.05. The Balaban J connectivity index is 2.69. The molecule has 4 nitrogen and oxygen atoms in total. The molecule has 21 heavy (non-hydrogen) atoms. The van der Waals surface area contributed by atoms with Crippen LogP contribution in [0.3, 0.4) is 0 Å². The number of benzene rings is 1. The van der Waals surface area contributed by atoms with E-state index in [4.69, 9.17) is 0 Å². The predicted molar refractivity (Wildman–Crippen MR) is 88.6 cm³/mol. The van der Waals surface area contributed by atoms with Gasteiger partial charge in [-0.05, 0) is 43.9 Å². The molecular formula is C16H24N2O2S. The molecule has 2 atom stereocenters. The van der Waals surface area contributed by atoms with Crippen molar-refractivity contribution < 1.29 is 9.59 Å². The lowest BCUT2D eigenvalue weighted by Gasteiger charge is -2.20. The third-order valence-electron chi connectivity index (χ3n) is 3.27. The minimum atomic E-state index is -0.487. The van der Waals surface area contributed by atoms with E-state index in [1.807, 2.05) is 38.3 Å². The fourth-order valence-corrected chi connectivity index (χ4v) is 2.25. The number of carbonyl (C=O) groups is 2. The Morgan fingerprint density at radius 1 is 1.19 bits per heavy atom. The highest BCUT2D eigenvalue weighted by atomic mass is 32.2. The number of amides is 2. The maximum atomic E-state index is 12.3. The van der Waals surface area contributed by atoms with Crippen molar-refractivity contribution in [1.82, 2.24) is 10.6 Å². The van der Waals surface area contributed by atoms with E-state index in [1.165, 1.54) is 0 Å². The zero-order valence-corrected chi connectivity index (χ0v) is 13.7. The summed E-state index contributed by atoms with van der Waals surface area (Å²) in [7, 11) is 0. The molecule has 0 aliphatic heterocycles. The number of rotatable bonds is 8. The van der Waals surface area contributed by atoms with E-state index < -0.39 is 6.04 Å². The van der Waals surface area contributed by atoms with Crippen LogP contribution in [0.25, 0.3) is 0 Å². The summed E-state index contributed by atoms with van der Waals surface area (Å²) in [6, 6.07) is 8.59. The van der Waals surface area contributed by atoms with E-state index in [0.29, 0.717) is 12.0 Å². The Kier molecular flexibility index (Phi) is 7.90. The van der Waals surface area contributed by atoms with Gasteiger partial charge in [-0.2, -0.15) is 11.8 Å². The van der Waals surface area contributed by atoms with Gasteiger partial charge in [-0.25, -0.2) is 0 Å². The van der Waals surface area contributed by atoms with Gasteiger partial charge in [0, 0.05) is 11.6 Å². The van der Waals surface area contributed by atoms with Crippen LogP contribution in [0.15, 0.2) is 30.3 Å². The highest BCUT2D eigenvalue weighted by Gasteiger charge is 2.21. The molecule has 0 aromatic heterocycles. The number of nitrogens with one attached hydrogen (secondary N) is 2. The molecule has 0 saturated carbocycles. The van der Waals surface area contributed by atoms with E-state index >= 15 is 0 Å². The Hall–Kier alpha value is -1.49. The Labute approximate surface area is 131 Å². The van der Waals surface area contributed by atoms with Crippen LogP contribution < -0.4 is 10.6 Å². The lowest BCUT2D eigenvalue weighted by molar-refractivity contribution is -0.123. The average molecular weight is 308 g/mol. The quantitative estimate of drug-likeness (QED) is 0.775.